The number of piperidine rings is 1. The van der Waals surface area contributed by atoms with Crippen molar-refractivity contribution in [3.63, 3.8) is 0 Å². The van der Waals surface area contributed by atoms with Gasteiger partial charge in [0.05, 0.1) is 22.8 Å². The molecule has 11 heteroatoms. The van der Waals surface area contributed by atoms with Gasteiger partial charge in [-0.25, -0.2) is 18.7 Å². The predicted molar refractivity (Wildman–Crippen MR) is 187 cm³/mol. The summed E-state index contributed by atoms with van der Waals surface area (Å²) in [6.07, 6.45) is 7.10. The molecule has 2 aromatic heterocycles. The van der Waals surface area contributed by atoms with E-state index < -0.39 is 22.6 Å². The number of aromatic nitrogens is 3. The highest BCUT2D eigenvalue weighted by molar-refractivity contribution is 5.89. The van der Waals surface area contributed by atoms with Crippen LogP contribution in [0.2, 0.25) is 0 Å². The summed E-state index contributed by atoms with van der Waals surface area (Å²) in [5, 5.41) is 12.7. The number of carbonyl (C=O) groups is 1. The second-order valence-electron chi connectivity index (χ2n) is 14.4. The summed E-state index contributed by atoms with van der Waals surface area (Å²) >= 11 is 0. The molecule has 3 heterocycles. The molecule has 7 rings (SSSR count). The Kier molecular flexibility index (Phi) is 9.25. The number of nitrogens with zero attached hydrogens (tertiary/aromatic N) is 5. The molecule has 1 amide bonds. The number of fused-ring (bicyclic) bond motifs is 1. The minimum atomic E-state index is -0.644. The lowest BCUT2D eigenvalue weighted by Crippen LogP contribution is -2.50. The first-order valence-corrected chi connectivity index (χ1v) is 17.5. The van der Waals surface area contributed by atoms with Crippen LogP contribution in [0.1, 0.15) is 63.0 Å². The van der Waals surface area contributed by atoms with Gasteiger partial charge in [-0.2, -0.15) is 0 Å². The topological polar surface area (TPSA) is 113 Å². The lowest BCUT2D eigenvalue weighted by Gasteiger charge is -2.32. The van der Waals surface area contributed by atoms with E-state index in [1.165, 1.54) is 14.7 Å². The maximum absolute atomic E-state index is 14.5. The Morgan fingerprint density at radius 1 is 0.980 bits per heavy atom. The molecule has 3 fully saturated rings. The van der Waals surface area contributed by atoms with Gasteiger partial charge in [-0.1, -0.05) is 36.4 Å². The average molecular weight is 669 g/mol. The molecule has 0 bridgehead atoms. The minimum absolute atomic E-state index is 0.0276. The number of carbonyl (C=O) groups excluding carboxylic acids is 1. The monoisotopic (exact) mass is 668 g/mol. The van der Waals surface area contributed by atoms with Crippen LogP contribution in [0, 0.1) is 11.7 Å². The SMILES string of the molecule is CN(C)C1(C(=O)NC2CCC(n3c(=O)c4cc(F)cnc4n(-c4cccc(-c5ccc(CN6CCC(CO)CC6)cc5)c4)c3=O)CC2)CC1. The maximum atomic E-state index is 14.5. The van der Waals surface area contributed by atoms with Crippen molar-refractivity contribution >= 4 is 16.9 Å². The average Bonchev–Trinajstić information content (AvgIpc) is 3.93. The van der Waals surface area contributed by atoms with Gasteiger partial charge in [-0.05, 0) is 119 Å². The van der Waals surface area contributed by atoms with Crippen LogP contribution in [0.15, 0.2) is 70.4 Å². The molecule has 0 radical (unpaired) electrons. The van der Waals surface area contributed by atoms with Gasteiger partial charge >= 0.3 is 5.69 Å². The van der Waals surface area contributed by atoms with Gasteiger partial charge in [0.15, 0.2) is 5.65 Å². The van der Waals surface area contributed by atoms with Crippen molar-refractivity contribution in [3.05, 3.63) is 93.0 Å². The van der Waals surface area contributed by atoms with E-state index in [2.05, 4.69) is 39.5 Å². The first kappa shape index (κ1) is 33.3. The fourth-order valence-corrected chi connectivity index (χ4v) is 7.74. The number of amides is 1. The second-order valence-corrected chi connectivity index (χ2v) is 14.4. The molecule has 1 aliphatic heterocycles. The summed E-state index contributed by atoms with van der Waals surface area (Å²) in [5.41, 5.74) is 2.26. The van der Waals surface area contributed by atoms with E-state index in [0.717, 1.165) is 68.7 Å². The van der Waals surface area contributed by atoms with E-state index in [9.17, 15) is 23.9 Å². The third kappa shape index (κ3) is 6.59. The van der Waals surface area contributed by atoms with Gasteiger partial charge in [-0.15, -0.1) is 0 Å². The fourth-order valence-electron chi connectivity index (χ4n) is 7.74. The Labute approximate surface area is 285 Å². The molecule has 0 atom stereocenters. The van der Waals surface area contributed by atoms with Crippen LogP contribution in [0.5, 0.6) is 0 Å². The van der Waals surface area contributed by atoms with Crippen molar-refractivity contribution in [3.8, 4) is 16.8 Å². The molecular formula is C38H45FN6O4. The number of halogens is 1. The highest BCUT2D eigenvalue weighted by Gasteiger charge is 2.52. The molecule has 4 aromatic rings. The number of aliphatic hydroxyl groups is 1. The van der Waals surface area contributed by atoms with Crippen molar-refractivity contribution in [2.45, 2.75) is 75.5 Å². The predicted octanol–water partition coefficient (Wildman–Crippen LogP) is 4.25. The summed E-state index contributed by atoms with van der Waals surface area (Å²) in [7, 11) is 3.85. The van der Waals surface area contributed by atoms with Crippen LogP contribution in [-0.2, 0) is 11.3 Å². The number of nitrogens with one attached hydrogen (secondary N) is 1. The minimum Gasteiger partial charge on any atom is -0.396 e. The molecule has 2 aliphatic carbocycles. The van der Waals surface area contributed by atoms with Crippen LogP contribution in [0.25, 0.3) is 27.8 Å². The molecule has 1 saturated heterocycles. The Morgan fingerprint density at radius 2 is 1.69 bits per heavy atom. The molecule has 3 aliphatic rings. The lowest BCUT2D eigenvalue weighted by molar-refractivity contribution is -0.128. The molecule has 0 spiro atoms. The summed E-state index contributed by atoms with van der Waals surface area (Å²) < 4.78 is 17.2. The van der Waals surface area contributed by atoms with Crippen molar-refractivity contribution < 1.29 is 14.3 Å². The van der Waals surface area contributed by atoms with Crippen LogP contribution >= 0.6 is 0 Å². The van der Waals surface area contributed by atoms with E-state index >= 15 is 0 Å². The largest absolute Gasteiger partial charge is 0.396 e. The molecule has 10 nitrogen and oxygen atoms in total. The Bertz CT molecular complexity index is 1950. The molecule has 0 unspecified atom stereocenters. The molecule has 2 N–H and O–H groups in total. The Hall–Kier alpha value is -4.19. The van der Waals surface area contributed by atoms with Gasteiger partial charge in [0.2, 0.25) is 5.91 Å². The van der Waals surface area contributed by atoms with Crippen LogP contribution in [0.3, 0.4) is 0 Å². The summed E-state index contributed by atoms with van der Waals surface area (Å²) in [6.45, 7) is 3.08. The maximum Gasteiger partial charge on any atom is 0.337 e. The van der Waals surface area contributed by atoms with Gasteiger partial charge < -0.3 is 10.4 Å². The van der Waals surface area contributed by atoms with Crippen molar-refractivity contribution in [1.29, 1.82) is 0 Å². The fraction of sp³-hybridized carbons (Fsp3) is 0.474. The molecule has 258 valence electrons. The van der Waals surface area contributed by atoms with Crippen molar-refractivity contribution in [2.75, 3.05) is 33.8 Å². The summed E-state index contributed by atoms with van der Waals surface area (Å²) in [6, 6.07) is 16.7. The highest BCUT2D eigenvalue weighted by Crippen LogP contribution is 2.41. The Morgan fingerprint density at radius 3 is 2.35 bits per heavy atom. The zero-order chi connectivity index (χ0) is 34.3. The van der Waals surface area contributed by atoms with E-state index in [-0.39, 0.29) is 35.6 Å². The Balaban J connectivity index is 1.15. The molecule has 2 aromatic carbocycles. The van der Waals surface area contributed by atoms with Crippen LogP contribution in [-0.4, -0.2) is 80.3 Å². The van der Waals surface area contributed by atoms with Gasteiger partial charge in [-0.3, -0.25) is 24.0 Å². The molecule has 2 saturated carbocycles. The molecule has 49 heavy (non-hydrogen) atoms. The summed E-state index contributed by atoms with van der Waals surface area (Å²) in [4.78, 5) is 49.7. The summed E-state index contributed by atoms with van der Waals surface area (Å²) in [5.74, 6) is -0.197. The quantitative estimate of drug-likeness (QED) is 0.274. The van der Waals surface area contributed by atoms with E-state index in [0.29, 0.717) is 37.3 Å². The first-order chi connectivity index (χ1) is 23.7. The number of hydrogen-bond donors (Lipinski definition) is 2. The van der Waals surface area contributed by atoms with Crippen molar-refractivity contribution in [2.24, 2.45) is 5.92 Å². The lowest BCUT2D eigenvalue weighted by atomic mass is 9.90. The third-order valence-electron chi connectivity index (χ3n) is 11.1. The van der Waals surface area contributed by atoms with Crippen LogP contribution in [0.4, 0.5) is 4.39 Å². The number of likely N-dealkylation sites (N-methyl/N-ethyl adjacent to an activating group) is 1. The van der Waals surface area contributed by atoms with E-state index in [4.69, 9.17) is 0 Å². The van der Waals surface area contributed by atoms with Gasteiger partial charge in [0, 0.05) is 25.2 Å². The van der Waals surface area contributed by atoms with Crippen LogP contribution < -0.4 is 16.6 Å². The number of benzene rings is 2. The van der Waals surface area contributed by atoms with Gasteiger partial charge in [0.25, 0.3) is 5.56 Å². The molecular weight excluding hydrogens is 623 g/mol. The second kappa shape index (κ2) is 13.6. The standard InChI is InChI=1S/C38H45FN6O4/c1-42(2)38(16-17-38)36(48)41-30-10-12-31(13-11-30)45-35(47)33-21-29(39)22-40-34(33)44(37(45)49)32-5-3-4-28(20-32)27-8-6-25(7-9-27)23-43-18-14-26(24-46)15-19-43/h3-9,20-22,26,30-31,46H,10-19,23-24H2,1-2H3,(H,41,48). The number of hydrogen-bond acceptors (Lipinski definition) is 7. The zero-order valence-corrected chi connectivity index (χ0v) is 28.3. The van der Waals surface area contributed by atoms with Gasteiger partial charge in [0.1, 0.15) is 5.82 Å². The van der Waals surface area contributed by atoms with E-state index in [1.807, 2.05) is 37.2 Å². The third-order valence-corrected chi connectivity index (χ3v) is 11.1. The number of aliphatic hydroxyl groups excluding tert-OH is 1. The van der Waals surface area contributed by atoms with E-state index in [1.54, 1.807) is 6.07 Å². The van der Waals surface area contributed by atoms with Crippen molar-refractivity contribution in [1.82, 2.24) is 29.2 Å². The number of likely N-dealkylation sites (tertiary alicyclic amines) is 1. The number of rotatable bonds is 9. The zero-order valence-electron chi connectivity index (χ0n) is 28.3. The highest BCUT2D eigenvalue weighted by atomic mass is 19.1. The number of pyridine rings is 1. The smallest absolute Gasteiger partial charge is 0.337 e. The first-order valence-electron chi connectivity index (χ1n) is 17.5. The normalized spacial score (nSPS) is 21.2.